The Labute approximate surface area is 185 Å². The molecule has 2 aromatic heterocycles. The Kier molecular flexibility index (Phi) is 6.38. The van der Waals surface area contributed by atoms with Crippen LogP contribution in [0.1, 0.15) is 39.3 Å². The van der Waals surface area contributed by atoms with E-state index in [0.717, 1.165) is 30.8 Å². The highest BCUT2D eigenvalue weighted by molar-refractivity contribution is 7.99. The van der Waals surface area contributed by atoms with Gasteiger partial charge in [-0.25, -0.2) is 9.36 Å². The fourth-order valence-corrected chi connectivity index (χ4v) is 3.99. The van der Waals surface area contributed by atoms with Crippen LogP contribution in [-0.2, 0) is 21.5 Å². The number of para-hydroxylation sites is 1. The van der Waals surface area contributed by atoms with Crippen molar-refractivity contribution in [2.24, 2.45) is 0 Å². The first-order chi connectivity index (χ1) is 14.9. The Balaban J connectivity index is 1.44. The maximum atomic E-state index is 12.7. The van der Waals surface area contributed by atoms with Gasteiger partial charge in [0.15, 0.2) is 0 Å². The number of rotatable bonds is 7. The van der Waals surface area contributed by atoms with Gasteiger partial charge in [0.2, 0.25) is 11.1 Å². The predicted molar refractivity (Wildman–Crippen MR) is 118 cm³/mol. The monoisotopic (exact) mass is 441 g/mol. The van der Waals surface area contributed by atoms with E-state index < -0.39 is 0 Å². The molecule has 31 heavy (non-hydrogen) atoms. The van der Waals surface area contributed by atoms with Crippen LogP contribution in [0.15, 0.2) is 41.6 Å². The molecule has 1 saturated heterocycles. The predicted octanol–water partition coefficient (Wildman–Crippen LogP) is 3.07. The van der Waals surface area contributed by atoms with E-state index in [1.165, 1.54) is 11.8 Å². The van der Waals surface area contributed by atoms with Gasteiger partial charge in [-0.2, -0.15) is 5.10 Å². The van der Waals surface area contributed by atoms with Gasteiger partial charge in [-0.3, -0.25) is 4.79 Å². The molecule has 1 amide bonds. The number of ether oxygens (including phenoxy) is 1. The van der Waals surface area contributed by atoms with Crippen molar-refractivity contribution in [2.75, 3.05) is 17.7 Å². The number of carbonyl (C=O) groups is 1. The molecule has 9 nitrogen and oxygen atoms in total. The number of thioether (sulfide) groups is 1. The standard InChI is InChI=1S/C21H27N7O2S/c1-21(2,3)17-12-18(28(24-17)15-8-5-4-6-9-15)22-19(29)14-31-20-23-25-26-27(20)13-16-10-7-11-30-16/h4-6,8-9,12,16H,7,10-11,13-14H2,1-3H3,(H,22,29)/t16-/m1/s1. The van der Waals surface area contributed by atoms with E-state index in [-0.39, 0.29) is 23.2 Å². The summed E-state index contributed by atoms with van der Waals surface area (Å²) in [5.41, 5.74) is 1.65. The van der Waals surface area contributed by atoms with Crippen molar-refractivity contribution in [3.05, 3.63) is 42.1 Å². The number of aromatic nitrogens is 6. The molecule has 0 spiro atoms. The van der Waals surface area contributed by atoms with Gasteiger partial charge in [-0.1, -0.05) is 50.7 Å². The molecule has 10 heteroatoms. The lowest BCUT2D eigenvalue weighted by Crippen LogP contribution is -2.19. The molecule has 0 aliphatic carbocycles. The van der Waals surface area contributed by atoms with Crippen LogP contribution in [0.2, 0.25) is 0 Å². The molecule has 1 atom stereocenters. The van der Waals surface area contributed by atoms with Crippen LogP contribution in [0.3, 0.4) is 0 Å². The number of benzene rings is 1. The maximum absolute atomic E-state index is 12.7. The van der Waals surface area contributed by atoms with E-state index in [4.69, 9.17) is 9.84 Å². The van der Waals surface area contributed by atoms with Gasteiger partial charge in [0.25, 0.3) is 0 Å². The van der Waals surface area contributed by atoms with E-state index in [1.807, 2.05) is 36.4 Å². The minimum atomic E-state index is -0.144. The van der Waals surface area contributed by atoms with Crippen molar-refractivity contribution in [1.82, 2.24) is 30.0 Å². The van der Waals surface area contributed by atoms with Crippen molar-refractivity contribution in [3.63, 3.8) is 0 Å². The fourth-order valence-electron chi connectivity index (χ4n) is 3.31. The molecule has 164 valence electrons. The number of anilines is 1. The minimum absolute atomic E-state index is 0.132. The molecule has 1 aliphatic heterocycles. The van der Waals surface area contributed by atoms with E-state index in [2.05, 4.69) is 41.6 Å². The number of nitrogens with zero attached hydrogens (tertiary/aromatic N) is 6. The van der Waals surface area contributed by atoms with Crippen LogP contribution >= 0.6 is 11.8 Å². The summed E-state index contributed by atoms with van der Waals surface area (Å²) in [7, 11) is 0. The third-order valence-electron chi connectivity index (χ3n) is 4.98. The summed E-state index contributed by atoms with van der Waals surface area (Å²) in [5, 5.41) is 20.2. The topological polar surface area (TPSA) is 99.8 Å². The Morgan fingerprint density at radius 2 is 2.10 bits per heavy atom. The number of hydrogen-bond donors (Lipinski definition) is 1. The zero-order valence-electron chi connectivity index (χ0n) is 18.0. The maximum Gasteiger partial charge on any atom is 0.236 e. The number of hydrogen-bond acceptors (Lipinski definition) is 7. The smallest absolute Gasteiger partial charge is 0.236 e. The van der Waals surface area contributed by atoms with Gasteiger partial charge in [0.1, 0.15) is 5.82 Å². The average molecular weight is 442 g/mol. The summed E-state index contributed by atoms with van der Waals surface area (Å²) in [6.07, 6.45) is 2.20. The third-order valence-corrected chi connectivity index (χ3v) is 5.94. The molecule has 4 rings (SSSR count). The van der Waals surface area contributed by atoms with Crippen LogP contribution in [-0.4, -0.2) is 54.4 Å². The zero-order valence-corrected chi connectivity index (χ0v) is 18.8. The first-order valence-electron chi connectivity index (χ1n) is 10.4. The van der Waals surface area contributed by atoms with Crippen LogP contribution < -0.4 is 5.32 Å². The van der Waals surface area contributed by atoms with Crippen molar-refractivity contribution in [1.29, 1.82) is 0 Å². The fraction of sp³-hybridized carbons (Fsp3) is 0.476. The first kappa shape index (κ1) is 21.5. The molecule has 0 bridgehead atoms. The second-order valence-corrected chi connectivity index (χ2v) is 9.47. The van der Waals surface area contributed by atoms with E-state index in [0.29, 0.717) is 17.5 Å². The summed E-state index contributed by atoms with van der Waals surface area (Å²) >= 11 is 1.31. The van der Waals surface area contributed by atoms with Crippen LogP contribution in [0.4, 0.5) is 5.82 Å². The summed E-state index contributed by atoms with van der Waals surface area (Å²) in [6.45, 7) is 7.68. The van der Waals surface area contributed by atoms with Crippen molar-refractivity contribution in [3.8, 4) is 5.69 Å². The molecule has 1 N–H and O–H groups in total. The summed E-state index contributed by atoms with van der Waals surface area (Å²) < 4.78 is 9.13. The van der Waals surface area contributed by atoms with E-state index in [1.54, 1.807) is 9.36 Å². The molecule has 0 unspecified atom stereocenters. The van der Waals surface area contributed by atoms with Gasteiger partial charge >= 0.3 is 0 Å². The number of nitrogens with one attached hydrogen (secondary N) is 1. The van der Waals surface area contributed by atoms with Crippen molar-refractivity contribution >= 4 is 23.5 Å². The van der Waals surface area contributed by atoms with Gasteiger partial charge in [0.05, 0.1) is 29.8 Å². The lowest BCUT2D eigenvalue weighted by atomic mass is 9.92. The first-order valence-corrected chi connectivity index (χ1v) is 11.3. The van der Waals surface area contributed by atoms with Crippen LogP contribution in [0, 0.1) is 0 Å². The number of carbonyl (C=O) groups excluding carboxylic acids is 1. The molecular weight excluding hydrogens is 414 g/mol. The van der Waals surface area contributed by atoms with Crippen molar-refractivity contribution < 1.29 is 9.53 Å². The highest BCUT2D eigenvalue weighted by Gasteiger charge is 2.22. The minimum Gasteiger partial charge on any atom is -0.376 e. The molecule has 3 heterocycles. The largest absolute Gasteiger partial charge is 0.376 e. The molecule has 3 aromatic rings. The second kappa shape index (κ2) is 9.19. The van der Waals surface area contributed by atoms with Gasteiger partial charge in [-0.15, -0.1) is 5.10 Å². The van der Waals surface area contributed by atoms with Gasteiger partial charge in [-0.05, 0) is 35.4 Å². The second-order valence-electron chi connectivity index (χ2n) is 8.53. The Morgan fingerprint density at radius 1 is 1.29 bits per heavy atom. The Morgan fingerprint density at radius 3 is 2.81 bits per heavy atom. The normalized spacial score (nSPS) is 16.5. The summed E-state index contributed by atoms with van der Waals surface area (Å²) in [4.78, 5) is 12.7. The van der Waals surface area contributed by atoms with E-state index >= 15 is 0 Å². The Bertz CT molecular complexity index is 1020. The summed E-state index contributed by atoms with van der Waals surface area (Å²) in [5.74, 6) is 0.686. The van der Waals surface area contributed by atoms with E-state index in [9.17, 15) is 4.79 Å². The van der Waals surface area contributed by atoms with Crippen LogP contribution in [0.25, 0.3) is 5.69 Å². The highest BCUT2D eigenvalue weighted by Crippen LogP contribution is 2.26. The zero-order chi connectivity index (χ0) is 21.8. The molecule has 1 aliphatic rings. The SMILES string of the molecule is CC(C)(C)c1cc(NC(=O)CSc2nnnn2C[C@H]2CCCO2)n(-c2ccccc2)n1. The van der Waals surface area contributed by atoms with Gasteiger partial charge < -0.3 is 10.1 Å². The highest BCUT2D eigenvalue weighted by atomic mass is 32.2. The molecule has 0 saturated carbocycles. The van der Waals surface area contributed by atoms with Crippen molar-refractivity contribution in [2.45, 2.75) is 56.8 Å². The van der Waals surface area contributed by atoms with Crippen LogP contribution in [0.5, 0.6) is 0 Å². The van der Waals surface area contributed by atoms with Gasteiger partial charge in [0, 0.05) is 18.1 Å². The number of amides is 1. The Hall–Kier alpha value is -2.72. The molecular formula is C21H27N7O2S. The lowest BCUT2D eigenvalue weighted by molar-refractivity contribution is -0.113. The third kappa shape index (κ3) is 5.31. The molecule has 0 radical (unpaired) electrons. The summed E-state index contributed by atoms with van der Waals surface area (Å²) in [6, 6.07) is 11.7. The number of tetrazole rings is 1. The molecule has 1 fully saturated rings. The molecule has 1 aromatic carbocycles. The average Bonchev–Trinajstić information content (AvgIpc) is 3.48. The quantitative estimate of drug-likeness (QED) is 0.563. The lowest BCUT2D eigenvalue weighted by Gasteiger charge is -2.14.